The van der Waals surface area contributed by atoms with E-state index in [2.05, 4.69) is 30.3 Å². The third-order valence-electron chi connectivity index (χ3n) is 1.74. The van der Waals surface area contributed by atoms with E-state index in [4.69, 9.17) is 0 Å². The fourth-order valence-corrected chi connectivity index (χ4v) is 3.19. The van der Waals surface area contributed by atoms with Gasteiger partial charge in [0.05, 0.1) is 10.9 Å². The van der Waals surface area contributed by atoms with Crippen LogP contribution in [-0.2, 0) is 0 Å². The Morgan fingerprint density at radius 1 is 1.58 bits per heavy atom. The minimum absolute atomic E-state index is 0.507. The zero-order valence-electron chi connectivity index (χ0n) is 7.20. The average Bonchev–Trinajstić information content (AvgIpc) is 2.58. The Morgan fingerprint density at radius 2 is 2.42 bits per heavy atom. The van der Waals surface area contributed by atoms with E-state index in [9.17, 15) is 0 Å². The molecule has 1 unspecified atom stereocenters. The number of aliphatic imine (C=N–C) groups is 1. The van der Waals surface area contributed by atoms with Crippen LogP contribution in [0, 0.1) is 6.92 Å². The predicted octanol–water partition coefficient (Wildman–Crippen LogP) is 2.94. The van der Waals surface area contributed by atoms with Gasteiger partial charge in [0.1, 0.15) is 5.04 Å². The van der Waals surface area contributed by atoms with Crippen molar-refractivity contribution in [1.82, 2.24) is 0 Å². The van der Waals surface area contributed by atoms with E-state index in [-0.39, 0.29) is 0 Å². The summed E-state index contributed by atoms with van der Waals surface area (Å²) in [5.74, 6) is 1.15. The van der Waals surface area contributed by atoms with Crippen LogP contribution in [0.1, 0.15) is 17.4 Å². The van der Waals surface area contributed by atoms with Crippen molar-refractivity contribution in [1.29, 1.82) is 0 Å². The molecule has 1 nitrogen and oxygen atoms in total. The van der Waals surface area contributed by atoms with Crippen LogP contribution in [0.25, 0.3) is 0 Å². The molecule has 3 heteroatoms. The minimum atomic E-state index is 0.507. The van der Waals surface area contributed by atoms with Crippen molar-refractivity contribution >= 4 is 28.1 Å². The predicted molar refractivity (Wildman–Crippen MR) is 57.5 cm³/mol. The molecule has 0 aromatic carbocycles. The number of thioether (sulfide) groups is 1. The molecule has 64 valence electrons. The van der Waals surface area contributed by atoms with Gasteiger partial charge in [0.25, 0.3) is 0 Å². The highest BCUT2D eigenvalue weighted by molar-refractivity contribution is 8.15. The topological polar surface area (TPSA) is 12.4 Å². The fraction of sp³-hybridized carbons (Fsp3) is 0.444. The molecule has 0 saturated carbocycles. The largest absolute Gasteiger partial charge is 0.273 e. The van der Waals surface area contributed by atoms with Crippen molar-refractivity contribution in [2.24, 2.45) is 4.99 Å². The van der Waals surface area contributed by atoms with Gasteiger partial charge in [-0.1, -0.05) is 0 Å². The van der Waals surface area contributed by atoms with Gasteiger partial charge in [-0.05, 0) is 30.9 Å². The van der Waals surface area contributed by atoms with Crippen LogP contribution in [0.2, 0.25) is 0 Å². The molecule has 0 N–H and O–H groups in total. The minimum Gasteiger partial charge on any atom is -0.273 e. The monoisotopic (exact) mass is 197 g/mol. The van der Waals surface area contributed by atoms with E-state index < -0.39 is 0 Å². The van der Waals surface area contributed by atoms with Crippen molar-refractivity contribution in [3.8, 4) is 0 Å². The van der Waals surface area contributed by atoms with Crippen LogP contribution in [0.5, 0.6) is 0 Å². The molecular formula is C9H11NS2. The summed E-state index contributed by atoms with van der Waals surface area (Å²) in [6, 6.07) is 2.72. The van der Waals surface area contributed by atoms with Crippen LogP contribution >= 0.6 is 23.1 Å². The second-order valence-corrected chi connectivity index (χ2v) is 5.00. The van der Waals surface area contributed by atoms with E-state index in [1.807, 2.05) is 11.8 Å². The van der Waals surface area contributed by atoms with Gasteiger partial charge in [0.2, 0.25) is 0 Å². The van der Waals surface area contributed by atoms with Crippen LogP contribution in [0.4, 0.5) is 0 Å². The Hall–Kier alpha value is -0.280. The summed E-state index contributed by atoms with van der Waals surface area (Å²) in [5.41, 5.74) is 1.35. The van der Waals surface area contributed by atoms with E-state index in [0.29, 0.717) is 6.04 Å². The van der Waals surface area contributed by atoms with E-state index in [1.165, 1.54) is 15.5 Å². The Kier molecular flexibility index (Phi) is 2.24. The summed E-state index contributed by atoms with van der Waals surface area (Å²) in [6.45, 7) is 4.30. The van der Waals surface area contributed by atoms with Crippen molar-refractivity contribution in [3.63, 3.8) is 0 Å². The highest BCUT2D eigenvalue weighted by atomic mass is 32.2. The summed E-state index contributed by atoms with van der Waals surface area (Å²) in [7, 11) is 0. The van der Waals surface area contributed by atoms with Crippen molar-refractivity contribution in [2.45, 2.75) is 19.9 Å². The third kappa shape index (κ3) is 1.57. The molecule has 2 rings (SSSR count). The molecule has 1 aromatic heterocycles. The van der Waals surface area contributed by atoms with Gasteiger partial charge >= 0.3 is 0 Å². The molecule has 0 saturated heterocycles. The molecule has 0 amide bonds. The third-order valence-corrected chi connectivity index (χ3v) is 4.17. The SMILES string of the molecule is Cc1csc(C2=NC(C)CS2)c1. The highest BCUT2D eigenvalue weighted by Crippen LogP contribution is 2.26. The van der Waals surface area contributed by atoms with Gasteiger partial charge in [-0.25, -0.2) is 0 Å². The summed E-state index contributed by atoms with van der Waals surface area (Å²) >= 11 is 3.67. The summed E-state index contributed by atoms with van der Waals surface area (Å²) < 4.78 is 0. The number of hydrogen-bond acceptors (Lipinski definition) is 3. The van der Waals surface area contributed by atoms with Crippen molar-refractivity contribution in [2.75, 3.05) is 5.75 Å². The standard InChI is InChI=1S/C9H11NS2/c1-6-3-8(11-4-6)9-10-7(2)5-12-9/h3-4,7H,5H2,1-2H3. The molecule has 12 heavy (non-hydrogen) atoms. The highest BCUT2D eigenvalue weighted by Gasteiger charge is 2.16. The molecular weight excluding hydrogens is 186 g/mol. The van der Waals surface area contributed by atoms with E-state index >= 15 is 0 Å². The molecule has 1 aromatic rings. The molecule has 1 aliphatic rings. The van der Waals surface area contributed by atoms with E-state index in [0.717, 1.165) is 5.75 Å². The van der Waals surface area contributed by atoms with Crippen LogP contribution < -0.4 is 0 Å². The molecule has 0 bridgehead atoms. The Labute approximate surface area is 80.9 Å². The second-order valence-electron chi connectivity index (χ2n) is 3.08. The molecule has 1 atom stereocenters. The second kappa shape index (κ2) is 3.23. The van der Waals surface area contributed by atoms with Crippen LogP contribution in [-0.4, -0.2) is 16.8 Å². The molecule has 0 fully saturated rings. The fourth-order valence-electron chi connectivity index (χ4n) is 1.15. The first-order valence-electron chi connectivity index (χ1n) is 4.02. The summed E-state index contributed by atoms with van der Waals surface area (Å²) in [6.07, 6.45) is 0. The number of nitrogens with zero attached hydrogens (tertiary/aromatic N) is 1. The molecule has 0 aliphatic carbocycles. The van der Waals surface area contributed by atoms with Crippen molar-refractivity contribution < 1.29 is 0 Å². The Morgan fingerprint density at radius 3 is 2.92 bits per heavy atom. The normalized spacial score (nSPS) is 22.8. The van der Waals surface area contributed by atoms with Crippen LogP contribution in [0.15, 0.2) is 16.4 Å². The van der Waals surface area contributed by atoms with E-state index in [1.54, 1.807) is 11.3 Å². The molecule has 0 radical (unpaired) electrons. The lowest BCUT2D eigenvalue weighted by Crippen LogP contribution is -1.92. The Bertz CT molecular complexity index is 314. The lowest BCUT2D eigenvalue weighted by Gasteiger charge is -1.90. The number of aryl methyl sites for hydroxylation is 1. The van der Waals surface area contributed by atoms with Crippen LogP contribution in [0.3, 0.4) is 0 Å². The number of rotatable bonds is 1. The van der Waals surface area contributed by atoms with Gasteiger partial charge in [0, 0.05) is 5.75 Å². The molecule has 0 spiro atoms. The first-order chi connectivity index (χ1) is 5.75. The zero-order chi connectivity index (χ0) is 8.55. The van der Waals surface area contributed by atoms with Gasteiger partial charge in [0.15, 0.2) is 0 Å². The maximum atomic E-state index is 4.56. The average molecular weight is 197 g/mol. The number of thiophene rings is 1. The van der Waals surface area contributed by atoms with Gasteiger partial charge in [-0.3, -0.25) is 4.99 Å². The lowest BCUT2D eigenvalue weighted by molar-refractivity contribution is 0.866. The maximum absolute atomic E-state index is 4.56. The van der Waals surface area contributed by atoms with Crippen molar-refractivity contribution in [3.05, 3.63) is 21.9 Å². The summed E-state index contributed by atoms with van der Waals surface area (Å²) in [5, 5.41) is 3.42. The lowest BCUT2D eigenvalue weighted by atomic mass is 10.3. The molecule has 2 heterocycles. The van der Waals surface area contributed by atoms with Gasteiger partial charge in [-0.15, -0.1) is 23.1 Å². The molecule has 1 aliphatic heterocycles. The van der Waals surface area contributed by atoms with Gasteiger partial charge in [-0.2, -0.15) is 0 Å². The summed E-state index contributed by atoms with van der Waals surface area (Å²) in [4.78, 5) is 5.90. The zero-order valence-corrected chi connectivity index (χ0v) is 8.84. The first-order valence-corrected chi connectivity index (χ1v) is 5.88. The van der Waals surface area contributed by atoms with Gasteiger partial charge < -0.3 is 0 Å². The number of hydrogen-bond donors (Lipinski definition) is 0. The Balaban J connectivity index is 2.26. The smallest absolute Gasteiger partial charge is 0.108 e. The quantitative estimate of drug-likeness (QED) is 0.674. The maximum Gasteiger partial charge on any atom is 0.108 e. The first kappa shape index (κ1) is 8.32.